The Balaban J connectivity index is 1.35. The number of aryl methyl sites for hydroxylation is 2. The van der Waals surface area contributed by atoms with Gasteiger partial charge in [0.05, 0.1) is 5.69 Å². The van der Waals surface area contributed by atoms with Gasteiger partial charge in [-0.2, -0.15) is 5.10 Å². The van der Waals surface area contributed by atoms with E-state index in [0.29, 0.717) is 5.69 Å². The van der Waals surface area contributed by atoms with Crippen molar-refractivity contribution in [2.45, 2.75) is 39.0 Å². The Morgan fingerprint density at radius 1 is 1.42 bits per heavy atom. The summed E-state index contributed by atoms with van der Waals surface area (Å²) < 4.78 is 1.88. The highest BCUT2D eigenvalue weighted by Gasteiger charge is 2.27. The number of piperidine rings is 1. The highest BCUT2D eigenvalue weighted by Crippen LogP contribution is 2.37. The topological polar surface area (TPSA) is 50.2 Å². The minimum absolute atomic E-state index is 0.0208. The van der Waals surface area contributed by atoms with E-state index in [1.54, 1.807) is 11.3 Å². The van der Waals surface area contributed by atoms with Crippen LogP contribution in [0, 0.1) is 5.92 Å². The molecule has 2 aliphatic rings. The summed E-state index contributed by atoms with van der Waals surface area (Å²) in [5.41, 5.74) is 4.11. The Hall–Kier alpha value is -1.66. The van der Waals surface area contributed by atoms with E-state index in [1.165, 1.54) is 36.4 Å². The third-order valence-corrected chi connectivity index (χ3v) is 6.62. The van der Waals surface area contributed by atoms with Gasteiger partial charge in [0.2, 0.25) is 0 Å². The minimum atomic E-state index is -0.0208. The Labute approximate surface area is 159 Å². The summed E-state index contributed by atoms with van der Waals surface area (Å²) in [6.45, 7) is 6.53. The number of fused-ring (bicyclic) bond motifs is 3. The largest absolute Gasteiger partial charge is 0.351 e. The third-order valence-electron chi connectivity index (χ3n) is 5.64. The fourth-order valence-electron chi connectivity index (χ4n) is 4.39. The van der Waals surface area contributed by atoms with Gasteiger partial charge in [-0.15, -0.1) is 11.3 Å². The van der Waals surface area contributed by atoms with Gasteiger partial charge >= 0.3 is 0 Å². The molecule has 3 heterocycles. The average molecular weight is 373 g/mol. The molecular weight excluding hydrogens is 344 g/mol. The standard InChI is InChI=1S/C20H28N4OS/c1-14-5-3-10-24(13-14)11-4-9-21-20(25)18-16-6-7-17-15(8-12-26-17)19(16)23(2)22-18/h8,12,14H,3-7,9-11,13H2,1-2H3,(H,21,25). The Kier molecular flexibility index (Phi) is 5.14. The number of amides is 1. The van der Waals surface area contributed by atoms with Gasteiger partial charge in [-0.1, -0.05) is 6.92 Å². The van der Waals surface area contributed by atoms with Gasteiger partial charge in [0.15, 0.2) is 5.69 Å². The zero-order valence-electron chi connectivity index (χ0n) is 15.8. The van der Waals surface area contributed by atoms with Crippen LogP contribution < -0.4 is 5.32 Å². The Morgan fingerprint density at radius 2 is 2.31 bits per heavy atom. The zero-order chi connectivity index (χ0) is 18.1. The molecule has 26 heavy (non-hydrogen) atoms. The molecule has 2 aromatic heterocycles. The van der Waals surface area contributed by atoms with E-state index in [4.69, 9.17) is 0 Å². The van der Waals surface area contributed by atoms with Crippen molar-refractivity contribution in [3.63, 3.8) is 0 Å². The van der Waals surface area contributed by atoms with Crippen LogP contribution in [-0.4, -0.2) is 46.8 Å². The molecule has 1 aliphatic heterocycles. The first-order chi connectivity index (χ1) is 12.6. The van der Waals surface area contributed by atoms with E-state index in [9.17, 15) is 4.79 Å². The number of carbonyl (C=O) groups is 1. The zero-order valence-corrected chi connectivity index (χ0v) is 16.6. The van der Waals surface area contributed by atoms with Crippen molar-refractivity contribution in [3.05, 3.63) is 27.6 Å². The lowest BCUT2D eigenvalue weighted by Crippen LogP contribution is -2.36. The fraction of sp³-hybridized carbons (Fsp3) is 0.600. The van der Waals surface area contributed by atoms with Crippen LogP contribution in [0.5, 0.6) is 0 Å². The maximum absolute atomic E-state index is 12.7. The van der Waals surface area contributed by atoms with Crippen LogP contribution in [0.1, 0.15) is 47.1 Å². The number of aromatic nitrogens is 2. The second-order valence-electron chi connectivity index (χ2n) is 7.71. The van der Waals surface area contributed by atoms with Gasteiger partial charge in [-0.25, -0.2) is 0 Å². The molecule has 0 spiro atoms. The van der Waals surface area contributed by atoms with Gasteiger partial charge in [0, 0.05) is 36.1 Å². The average Bonchev–Trinajstić information content (AvgIpc) is 3.22. The number of likely N-dealkylation sites (tertiary alicyclic amines) is 1. The van der Waals surface area contributed by atoms with Gasteiger partial charge in [0.1, 0.15) is 0 Å². The first-order valence-corrected chi connectivity index (χ1v) is 10.6. The Bertz CT molecular complexity index is 794. The van der Waals surface area contributed by atoms with Gasteiger partial charge < -0.3 is 10.2 Å². The first-order valence-electron chi connectivity index (χ1n) is 9.76. The monoisotopic (exact) mass is 372 g/mol. The van der Waals surface area contributed by atoms with E-state index >= 15 is 0 Å². The van der Waals surface area contributed by atoms with Gasteiger partial charge in [-0.05, 0) is 62.6 Å². The summed E-state index contributed by atoms with van der Waals surface area (Å²) in [7, 11) is 1.94. The number of nitrogens with zero attached hydrogens (tertiary/aromatic N) is 3. The lowest BCUT2D eigenvalue weighted by molar-refractivity contribution is 0.0943. The number of carbonyl (C=O) groups excluding carboxylic acids is 1. The SMILES string of the molecule is CC1CCCN(CCCNC(=O)c2nn(C)c3c2CCc2sccc2-3)C1. The predicted octanol–water partition coefficient (Wildman–Crippen LogP) is 3.10. The van der Waals surface area contributed by atoms with Crippen LogP contribution in [0.2, 0.25) is 0 Å². The number of thiophene rings is 1. The van der Waals surface area contributed by atoms with Crippen molar-refractivity contribution >= 4 is 17.2 Å². The number of hydrogen-bond donors (Lipinski definition) is 1. The molecule has 1 fully saturated rings. The second kappa shape index (κ2) is 7.53. The number of hydrogen-bond acceptors (Lipinski definition) is 4. The Morgan fingerprint density at radius 3 is 3.15 bits per heavy atom. The molecule has 1 saturated heterocycles. The highest BCUT2D eigenvalue weighted by molar-refractivity contribution is 7.10. The number of rotatable bonds is 5. The van der Waals surface area contributed by atoms with Gasteiger partial charge in [0.25, 0.3) is 5.91 Å². The molecule has 1 aliphatic carbocycles. The first kappa shape index (κ1) is 17.7. The van der Waals surface area contributed by atoms with Crippen LogP contribution in [-0.2, 0) is 19.9 Å². The lowest BCUT2D eigenvalue weighted by Gasteiger charge is -2.30. The molecule has 4 rings (SSSR count). The molecule has 140 valence electrons. The molecule has 5 nitrogen and oxygen atoms in total. The van der Waals surface area contributed by atoms with Crippen molar-refractivity contribution in [1.82, 2.24) is 20.0 Å². The maximum Gasteiger partial charge on any atom is 0.272 e. The predicted molar refractivity (Wildman–Crippen MR) is 106 cm³/mol. The summed E-state index contributed by atoms with van der Waals surface area (Å²) in [5, 5.41) is 9.77. The van der Waals surface area contributed by atoms with Gasteiger partial charge in [-0.3, -0.25) is 9.48 Å². The summed E-state index contributed by atoms with van der Waals surface area (Å²) >= 11 is 1.80. The molecular formula is C20H28N4OS. The van der Waals surface area contributed by atoms with E-state index in [2.05, 4.69) is 33.7 Å². The highest BCUT2D eigenvalue weighted by atomic mass is 32.1. The minimum Gasteiger partial charge on any atom is -0.351 e. The maximum atomic E-state index is 12.7. The summed E-state index contributed by atoms with van der Waals surface area (Å²) in [6.07, 6.45) is 5.58. The summed E-state index contributed by atoms with van der Waals surface area (Å²) in [5.74, 6) is 0.785. The molecule has 2 aromatic rings. The van der Waals surface area contributed by atoms with E-state index in [-0.39, 0.29) is 5.91 Å². The molecule has 6 heteroatoms. The molecule has 1 unspecified atom stereocenters. The van der Waals surface area contributed by atoms with Crippen LogP contribution in [0.25, 0.3) is 11.3 Å². The normalized spacial score (nSPS) is 19.8. The van der Waals surface area contributed by atoms with Crippen LogP contribution in [0.4, 0.5) is 0 Å². The van der Waals surface area contributed by atoms with Crippen LogP contribution in [0.3, 0.4) is 0 Å². The molecule has 1 N–H and O–H groups in total. The molecule has 0 saturated carbocycles. The molecule has 1 amide bonds. The fourth-order valence-corrected chi connectivity index (χ4v) is 5.27. The van der Waals surface area contributed by atoms with Crippen molar-refractivity contribution in [1.29, 1.82) is 0 Å². The van der Waals surface area contributed by atoms with E-state index in [1.807, 2.05) is 11.7 Å². The molecule has 0 aromatic carbocycles. The van der Waals surface area contributed by atoms with E-state index < -0.39 is 0 Å². The number of nitrogens with one attached hydrogen (secondary N) is 1. The second-order valence-corrected chi connectivity index (χ2v) is 8.71. The van der Waals surface area contributed by atoms with Crippen molar-refractivity contribution in [3.8, 4) is 11.3 Å². The summed E-state index contributed by atoms with van der Waals surface area (Å²) in [4.78, 5) is 16.6. The smallest absolute Gasteiger partial charge is 0.272 e. The van der Waals surface area contributed by atoms with Crippen molar-refractivity contribution < 1.29 is 4.79 Å². The van der Waals surface area contributed by atoms with Crippen molar-refractivity contribution in [2.24, 2.45) is 13.0 Å². The van der Waals surface area contributed by atoms with E-state index in [0.717, 1.165) is 49.5 Å². The van der Waals surface area contributed by atoms with Crippen molar-refractivity contribution in [2.75, 3.05) is 26.2 Å². The van der Waals surface area contributed by atoms with Crippen LogP contribution >= 0.6 is 11.3 Å². The molecule has 1 atom stereocenters. The molecule has 0 radical (unpaired) electrons. The molecule has 0 bridgehead atoms. The quantitative estimate of drug-likeness (QED) is 0.821. The lowest BCUT2D eigenvalue weighted by atomic mass is 9.94. The van der Waals surface area contributed by atoms with Crippen LogP contribution in [0.15, 0.2) is 11.4 Å². The summed E-state index contributed by atoms with van der Waals surface area (Å²) in [6, 6.07) is 2.15. The third kappa shape index (κ3) is 3.45.